The number of aromatic nitrogens is 2. The molecule has 0 aliphatic carbocycles. The molecule has 0 aromatic carbocycles. The number of hydrogen-bond donors (Lipinski definition) is 1. The zero-order valence-corrected chi connectivity index (χ0v) is 15.3. The van der Waals surface area contributed by atoms with E-state index in [2.05, 4.69) is 22.2 Å². The number of carbonyl (C=O) groups is 1. The first-order valence-electron chi connectivity index (χ1n) is 8.64. The number of likely N-dealkylation sites (tertiary alicyclic amines) is 1. The summed E-state index contributed by atoms with van der Waals surface area (Å²) < 4.78 is 0. The van der Waals surface area contributed by atoms with Crippen molar-refractivity contribution >= 4 is 23.3 Å². The fourth-order valence-electron chi connectivity index (χ4n) is 3.31. The molecule has 3 rings (SSSR count). The van der Waals surface area contributed by atoms with E-state index >= 15 is 0 Å². The van der Waals surface area contributed by atoms with E-state index in [1.54, 1.807) is 18.3 Å². The van der Waals surface area contributed by atoms with Crippen molar-refractivity contribution in [3.8, 4) is 0 Å². The van der Waals surface area contributed by atoms with Crippen LogP contribution < -0.4 is 5.32 Å². The molecular weight excluding hydrogens is 336 g/mol. The Morgan fingerprint density at radius 2 is 2.20 bits per heavy atom. The third kappa shape index (κ3) is 4.28. The fraction of sp³-hybridized carbons (Fsp3) is 0.421. The molecule has 3 heterocycles. The van der Waals surface area contributed by atoms with Gasteiger partial charge in [0.05, 0.1) is 11.1 Å². The number of aryl methyl sites for hydroxylation is 1. The number of anilines is 1. The molecule has 1 N–H and O–H groups in total. The third-order valence-corrected chi connectivity index (χ3v) is 4.93. The number of hydrogen-bond acceptors (Lipinski definition) is 4. The minimum atomic E-state index is 0.00566. The number of piperidine rings is 1. The lowest BCUT2D eigenvalue weighted by molar-refractivity contribution is 0.0534. The highest BCUT2D eigenvalue weighted by Crippen LogP contribution is 2.25. The highest BCUT2D eigenvalue weighted by atomic mass is 35.5. The average Bonchev–Trinajstić information content (AvgIpc) is 2.61. The highest BCUT2D eigenvalue weighted by Gasteiger charge is 2.32. The Kier molecular flexibility index (Phi) is 5.53. The summed E-state index contributed by atoms with van der Waals surface area (Å²) in [6.07, 6.45) is 3.76. The maximum atomic E-state index is 13.0. The lowest BCUT2D eigenvalue weighted by atomic mass is 9.90. The summed E-state index contributed by atoms with van der Waals surface area (Å²) in [5.74, 6) is 1.19. The molecule has 1 aliphatic heterocycles. The van der Waals surface area contributed by atoms with Crippen molar-refractivity contribution in [2.75, 3.05) is 18.4 Å². The average molecular weight is 359 g/mol. The van der Waals surface area contributed by atoms with Crippen molar-refractivity contribution in [1.29, 1.82) is 0 Å². The van der Waals surface area contributed by atoms with Crippen LogP contribution in [0.15, 0.2) is 36.5 Å². The molecule has 2 atom stereocenters. The molecule has 1 saturated heterocycles. The maximum absolute atomic E-state index is 13.0. The van der Waals surface area contributed by atoms with Gasteiger partial charge >= 0.3 is 0 Å². The summed E-state index contributed by atoms with van der Waals surface area (Å²) >= 11 is 5.88. The summed E-state index contributed by atoms with van der Waals surface area (Å²) in [7, 11) is 0. The molecule has 132 valence electrons. The van der Waals surface area contributed by atoms with E-state index in [9.17, 15) is 4.79 Å². The Hall–Kier alpha value is -2.14. The van der Waals surface area contributed by atoms with Crippen LogP contribution in [-0.4, -0.2) is 39.9 Å². The topological polar surface area (TPSA) is 58.1 Å². The first kappa shape index (κ1) is 17.7. The van der Waals surface area contributed by atoms with Crippen molar-refractivity contribution in [3.05, 3.63) is 52.9 Å². The maximum Gasteiger partial charge on any atom is 0.272 e. The van der Waals surface area contributed by atoms with Crippen LogP contribution in [0.4, 0.5) is 5.82 Å². The van der Waals surface area contributed by atoms with E-state index in [1.807, 2.05) is 30.0 Å². The first-order chi connectivity index (χ1) is 12.0. The van der Waals surface area contributed by atoms with E-state index in [4.69, 9.17) is 11.6 Å². The van der Waals surface area contributed by atoms with E-state index in [1.165, 1.54) is 0 Å². The molecule has 25 heavy (non-hydrogen) atoms. The van der Waals surface area contributed by atoms with Crippen molar-refractivity contribution in [2.45, 2.75) is 32.7 Å². The summed E-state index contributed by atoms with van der Waals surface area (Å²) in [6.45, 7) is 5.53. The molecule has 2 aromatic heterocycles. The van der Waals surface area contributed by atoms with Gasteiger partial charge in [-0.2, -0.15) is 0 Å². The van der Waals surface area contributed by atoms with Gasteiger partial charge in [-0.15, -0.1) is 0 Å². The number of pyridine rings is 2. The van der Waals surface area contributed by atoms with Gasteiger partial charge in [-0.25, -0.2) is 9.97 Å². The SMILES string of the molecule is Cc1cccc(C(=O)N2CCC[C@@H](C)[C@H]2CNc2ccc(Cl)cn2)n1. The Bertz CT molecular complexity index is 734. The van der Waals surface area contributed by atoms with Gasteiger partial charge in [-0.1, -0.05) is 24.6 Å². The number of halogens is 1. The monoisotopic (exact) mass is 358 g/mol. The van der Waals surface area contributed by atoms with Crippen LogP contribution in [0.3, 0.4) is 0 Å². The van der Waals surface area contributed by atoms with Crippen LogP contribution in [-0.2, 0) is 0 Å². The third-order valence-electron chi connectivity index (χ3n) is 4.70. The fourth-order valence-corrected chi connectivity index (χ4v) is 3.42. The van der Waals surface area contributed by atoms with Crippen LogP contribution in [0.5, 0.6) is 0 Å². The minimum absolute atomic E-state index is 0.00566. The Balaban J connectivity index is 1.74. The van der Waals surface area contributed by atoms with Gasteiger partial charge in [0.25, 0.3) is 5.91 Å². The molecular formula is C19H23ClN4O. The predicted molar refractivity (Wildman–Crippen MR) is 99.9 cm³/mol. The van der Waals surface area contributed by atoms with Gasteiger partial charge in [0.2, 0.25) is 0 Å². The van der Waals surface area contributed by atoms with Crippen LogP contribution in [0, 0.1) is 12.8 Å². The number of nitrogens with zero attached hydrogens (tertiary/aromatic N) is 3. The lowest BCUT2D eigenvalue weighted by Crippen LogP contribution is -2.51. The van der Waals surface area contributed by atoms with Crippen molar-refractivity contribution in [1.82, 2.24) is 14.9 Å². The molecule has 1 fully saturated rings. The molecule has 0 spiro atoms. The Morgan fingerprint density at radius 3 is 2.92 bits per heavy atom. The Labute approximate surface area is 153 Å². The van der Waals surface area contributed by atoms with Crippen molar-refractivity contribution in [3.63, 3.8) is 0 Å². The van der Waals surface area contributed by atoms with Gasteiger partial charge in [-0.05, 0) is 49.9 Å². The second kappa shape index (κ2) is 7.83. The van der Waals surface area contributed by atoms with Crippen LogP contribution in [0.25, 0.3) is 0 Å². The molecule has 0 unspecified atom stereocenters. The van der Waals surface area contributed by atoms with E-state index in [-0.39, 0.29) is 11.9 Å². The first-order valence-corrected chi connectivity index (χ1v) is 9.02. The van der Waals surface area contributed by atoms with E-state index in [0.717, 1.165) is 30.9 Å². The highest BCUT2D eigenvalue weighted by molar-refractivity contribution is 6.30. The summed E-state index contributed by atoms with van der Waals surface area (Å²) in [5, 5.41) is 3.95. The normalized spacial score (nSPS) is 20.4. The molecule has 6 heteroatoms. The molecule has 2 aromatic rings. The zero-order valence-electron chi connectivity index (χ0n) is 14.6. The predicted octanol–water partition coefficient (Wildman–Crippen LogP) is 3.79. The van der Waals surface area contributed by atoms with Gasteiger partial charge in [0.15, 0.2) is 0 Å². The molecule has 5 nitrogen and oxygen atoms in total. The number of rotatable bonds is 4. The quantitative estimate of drug-likeness (QED) is 0.903. The van der Waals surface area contributed by atoms with Crippen LogP contribution >= 0.6 is 11.6 Å². The molecule has 0 saturated carbocycles. The smallest absolute Gasteiger partial charge is 0.272 e. The van der Waals surface area contributed by atoms with Gasteiger partial charge in [-0.3, -0.25) is 4.79 Å². The van der Waals surface area contributed by atoms with Gasteiger partial charge < -0.3 is 10.2 Å². The van der Waals surface area contributed by atoms with E-state index in [0.29, 0.717) is 23.2 Å². The summed E-state index contributed by atoms with van der Waals surface area (Å²) in [5.41, 5.74) is 1.37. The molecule has 1 aliphatic rings. The van der Waals surface area contributed by atoms with E-state index < -0.39 is 0 Å². The second-order valence-electron chi connectivity index (χ2n) is 6.59. The van der Waals surface area contributed by atoms with Gasteiger partial charge in [0, 0.05) is 25.0 Å². The van der Waals surface area contributed by atoms with Crippen LogP contribution in [0.2, 0.25) is 5.02 Å². The summed E-state index contributed by atoms with van der Waals surface area (Å²) in [6, 6.07) is 9.35. The second-order valence-corrected chi connectivity index (χ2v) is 7.03. The zero-order chi connectivity index (χ0) is 17.8. The summed E-state index contributed by atoms with van der Waals surface area (Å²) in [4.78, 5) is 23.6. The van der Waals surface area contributed by atoms with Crippen molar-refractivity contribution in [2.24, 2.45) is 5.92 Å². The minimum Gasteiger partial charge on any atom is -0.368 e. The van der Waals surface area contributed by atoms with Crippen LogP contribution in [0.1, 0.15) is 35.9 Å². The standard InChI is InChI=1S/C19H23ClN4O/c1-13-5-4-10-24(19(25)16-7-3-6-14(2)23-16)17(13)12-22-18-9-8-15(20)11-21-18/h3,6-9,11,13,17H,4-5,10,12H2,1-2H3,(H,21,22)/t13-,17-/m1/s1. The lowest BCUT2D eigenvalue weighted by Gasteiger charge is -2.40. The Morgan fingerprint density at radius 1 is 1.36 bits per heavy atom. The van der Waals surface area contributed by atoms with Gasteiger partial charge in [0.1, 0.15) is 11.5 Å². The largest absolute Gasteiger partial charge is 0.368 e. The molecule has 1 amide bonds. The number of nitrogens with one attached hydrogen (secondary N) is 1. The number of carbonyl (C=O) groups excluding carboxylic acids is 1. The molecule has 0 bridgehead atoms. The van der Waals surface area contributed by atoms with Crippen molar-refractivity contribution < 1.29 is 4.79 Å². The number of amides is 1. The molecule has 0 radical (unpaired) electrons.